The van der Waals surface area contributed by atoms with Crippen LogP contribution in [0.25, 0.3) is 0 Å². The lowest BCUT2D eigenvalue weighted by Crippen LogP contribution is -2.14. The number of rotatable bonds is 2. The van der Waals surface area contributed by atoms with Crippen LogP contribution in [-0.2, 0) is 6.54 Å². The molecule has 0 fully saturated rings. The average Bonchev–Trinajstić information content (AvgIpc) is 2.31. The maximum Gasteiger partial charge on any atom is 0.314 e. The third-order valence-electron chi connectivity index (χ3n) is 1.03. The van der Waals surface area contributed by atoms with Crippen LogP contribution in [0.15, 0.2) is 12.1 Å². The molecule has 1 rings (SSSR count). The Morgan fingerprint density at radius 1 is 1.64 bits per heavy atom. The smallest absolute Gasteiger partial charge is 0.314 e. The van der Waals surface area contributed by atoms with E-state index >= 15 is 0 Å². The van der Waals surface area contributed by atoms with E-state index in [1.54, 1.807) is 6.07 Å². The molecule has 0 bridgehead atoms. The fourth-order valence-electron chi connectivity index (χ4n) is 0.603. The van der Waals surface area contributed by atoms with E-state index in [4.69, 9.17) is 23.2 Å². The summed E-state index contributed by atoms with van der Waals surface area (Å²) in [4.78, 5) is 11.2. The van der Waals surface area contributed by atoms with Crippen LogP contribution in [-0.4, -0.2) is 5.37 Å². The Hall–Kier alpha value is -0.250. The summed E-state index contributed by atoms with van der Waals surface area (Å²) in [5.74, 6) is 0. The largest absolute Gasteiger partial charge is 0.338 e. The lowest BCUT2D eigenvalue weighted by atomic mass is 10.5. The molecule has 0 spiro atoms. The van der Waals surface area contributed by atoms with Gasteiger partial charge in [0.05, 0.1) is 10.9 Å². The van der Waals surface area contributed by atoms with Gasteiger partial charge >= 0.3 is 5.37 Å². The second-order valence-corrected chi connectivity index (χ2v) is 3.98. The fraction of sp³-hybridized carbons (Fsp3) is 0.167. The van der Waals surface area contributed by atoms with E-state index in [0.29, 0.717) is 10.9 Å². The first-order valence-electron chi connectivity index (χ1n) is 2.86. The van der Waals surface area contributed by atoms with Gasteiger partial charge in [0.1, 0.15) is 0 Å². The van der Waals surface area contributed by atoms with E-state index in [2.05, 4.69) is 5.32 Å². The van der Waals surface area contributed by atoms with Crippen molar-refractivity contribution >= 4 is 39.9 Å². The van der Waals surface area contributed by atoms with Crippen molar-refractivity contribution in [2.75, 3.05) is 0 Å². The zero-order valence-corrected chi connectivity index (χ0v) is 7.76. The molecule has 0 aliphatic rings. The molecule has 60 valence electrons. The van der Waals surface area contributed by atoms with Crippen LogP contribution >= 0.6 is 34.5 Å². The first-order valence-corrected chi connectivity index (χ1v) is 4.43. The summed E-state index contributed by atoms with van der Waals surface area (Å²) in [6.45, 7) is 0.444. The number of thiophene rings is 1. The summed E-state index contributed by atoms with van der Waals surface area (Å²) in [5, 5.41) is 1.91. The maximum atomic E-state index is 10.2. The van der Waals surface area contributed by atoms with Crippen molar-refractivity contribution in [1.82, 2.24) is 5.32 Å². The molecule has 11 heavy (non-hydrogen) atoms. The third-order valence-corrected chi connectivity index (χ3v) is 2.40. The number of nitrogens with one attached hydrogen (secondary N) is 1. The van der Waals surface area contributed by atoms with E-state index < -0.39 is 5.37 Å². The predicted octanol–water partition coefficient (Wildman–Crippen LogP) is 2.85. The lowest BCUT2D eigenvalue weighted by molar-refractivity contribution is 0.259. The second-order valence-electron chi connectivity index (χ2n) is 1.83. The van der Waals surface area contributed by atoms with Crippen LogP contribution in [0.5, 0.6) is 0 Å². The van der Waals surface area contributed by atoms with Crippen LogP contribution in [0.4, 0.5) is 4.79 Å². The minimum atomic E-state index is -0.547. The van der Waals surface area contributed by atoms with Gasteiger partial charge in [0, 0.05) is 4.88 Å². The van der Waals surface area contributed by atoms with Gasteiger partial charge in [-0.1, -0.05) is 11.6 Å². The SMILES string of the molecule is O=C(Cl)NCc1ccc(Cl)s1. The van der Waals surface area contributed by atoms with Gasteiger partial charge in [0.2, 0.25) is 0 Å². The Kier molecular flexibility index (Phi) is 3.17. The molecule has 5 heteroatoms. The second kappa shape index (κ2) is 3.95. The number of carbonyl (C=O) groups is 1. The van der Waals surface area contributed by atoms with E-state index in [-0.39, 0.29) is 0 Å². The van der Waals surface area contributed by atoms with Crippen LogP contribution in [0.1, 0.15) is 4.88 Å². The monoisotopic (exact) mass is 209 g/mol. The van der Waals surface area contributed by atoms with Crippen LogP contribution in [0.2, 0.25) is 4.34 Å². The average molecular weight is 210 g/mol. The molecule has 0 radical (unpaired) electrons. The number of halogens is 2. The standard InChI is InChI=1S/C6H5Cl2NOS/c7-5-2-1-4(11-5)3-9-6(8)10/h1-2H,3H2,(H,9,10). The zero-order chi connectivity index (χ0) is 8.27. The molecule has 0 aliphatic heterocycles. The number of hydrogen-bond donors (Lipinski definition) is 1. The Balaban J connectivity index is 2.45. The molecule has 0 saturated carbocycles. The molecule has 1 aromatic rings. The first-order chi connectivity index (χ1) is 5.18. The van der Waals surface area contributed by atoms with Crippen LogP contribution < -0.4 is 5.32 Å². The quantitative estimate of drug-likeness (QED) is 0.590. The minimum absolute atomic E-state index is 0.444. The van der Waals surface area contributed by atoms with E-state index in [0.717, 1.165) is 4.88 Å². The lowest BCUT2D eigenvalue weighted by Gasteiger charge is -1.94. The molecule has 2 nitrogen and oxygen atoms in total. The van der Waals surface area contributed by atoms with E-state index in [1.165, 1.54) is 11.3 Å². The molecule has 1 aromatic heterocycles. The minimum Gasteiger partial charge on any atom is -0.338 e. The molecular formula is C6H5Cl2NOS. The molecular weight excluding hydrogens is 205 g/mol. The van der Waals surface area contributed by atoms with Crippen molar-refractivity contribution in [1.29, 1.82) is 0 Å². The fourth-order valence-corrected chi connectivity index (χ4v) is 1.70. The summed E-state index contributed by atoms with van der Waals surface area (Å²) >= 11 is 12.1. The van der Waals surface area contributed by atoms with Gasteiger partial charge in [-0.05, 0) is 23.7 Å². The molecule has 0 unspecified atom stereocenters. The Labute approximate surface area is 78.1 Å². The van der Waals surface area contributed by atoms with Gasteiger partial charge in [0.15, 0.2) is 0 Å². The highest BCUT2D eigenvalue weighted by molar-refractivity contribution is 7.16. The van der Waals surface area contributed by atoms with Crippen molar-refractivity contribution in [3.8, 4) is 0 Å². The van der Waals surface area contributed by atoms with Crippen LogP contribution in [0, 0.1) is 0 Å². The topological polar surface area (TPSA) is 29.1 Å². The van der Waals surface area contributed by atoms with Crippen molar-refractivity contribution in [3.05, 3.63) is 21.3 Å². The van der Waals surface area contributed by atoms with Crippen molar-refractivity contribution in [2.45, 2.75) is 6.54 Å². The Morgan fingerprint density at radius 2 is 2.36 bits per heavy atom. The molecule has 1 N–H and O–H groups in total. The van der Waals surface area contributed by atoms with Gasteiger partial charge in [0.25, 0.3) is 0 Å². The first kappa shape index (κ1) is 8.84. The molecule has 0 saturated heterocycles. The summed E-state index contributed by atoms with van der Waals surface area (Å²) in [6.07, 6.45) is 0. The predicted molar refractivity (Wildman–Crippen MR) is 47.4 cm³/mol. The zero-order valence-electron chi connectivity index (χ0n) is 5.43. The highest BCUT2D eigenvalue weighted by Crippen LogP contribution is 2.20. The summed E-state index contributed by atoms with van der Waals surface area (Å²) < 4.78 is 0.712. The van der Waals surface area contributed by atoms with Gasteiger partial charge in [-0.25, -0.2) is 0 Å². The van der Waals surface area contributed by atoms with Crippen molar-refractivity contribution in [3.63, 3.8) is 0 Å². The molecule has 1 amide bonds. The highest BCUT2D eigenvalue weighted by atomic mass is 35.5. The molecule has 1 heterocycles. The summed E-state index contributed by atoms with van der Waals surface area (Å²) in [6, 6.07) is 3.63. The molecule has 0 atom stereocenters. The van der Waals surface area contributed by atoms with Gasteiger partial charge in [-0.15, -0.1) is 11.3 Å². The normalized spacial score (nSPS) is 9.64. The van der Waals surface area contributed by atoms with Gasteiger partial charge in [-0.2, -0.15) is 0 Å². The number of carbonyl (C=O) groups excluding carboxylic acids is 1. The van der Waals surface area contributed by atoms with Gasteiger partial charge < -0.3 is 5.32 Å². The third kappa shape index (κ3) is 3.10. The number of amides is 1. The van der Waals surface area contributed by atoms with Crippen molar-refractivity contribution < 1.29 is 4.79 Å². The van der Waals surface area contributed by atoms with Gasteiger partial charge in [-0.3, -0.25) is 4.79 Å². The van der Waals surface area contributed by atoms with Crippen LogP contribution in [0.3, 0.4) is 0 Å². The highest BCUT2D eigenvalue weighted by Gasteiger charge is 1.98. The Bertz CT molecular complexity index is 261. The molecule has 0 aliphatic carbocycles. The Morgan fingerprint density at radius 3 is 2.82 bits per heavy atom. The van der Waals surface area contributed by atoms with E-state index in [9.17, 15) is 4.79 Å². The van der Waals surface area contributed by atoms with E-state index in [1.807, 2.05) is 6.07 Å². The molecule has 0 aromatic carbocycles. The summed E-state index contributed by atoms with van der Waals surface area (Å²) in [5.41, 5.74) is 0. The summed E-state index contributed by atoms with van der Waals surface area (Å²) in [7, 11) is 0. The maximum absolute atomic E-state index is 10.2. The van der Waals surface area contributed by atoms with Crippen molar-refractivity contribution in [2.24, 2.45) is 0 Å². The number of hydrogen-bond acceptors (Lipinski definition) is 2.